The fourth-order valence-corrected chi connectivity index (χ4v) is 3.40. The molecule has 2 N–H and O–H groups in total. The first kappa shape index (κ1) is 19.3. The summed E-state index contributed by atoms with van der Waals surface area (Å²) in [6.45, 7) is 0. The van der Waals surface area contributed by atoms with Crippen molar-refractivity contribution in [3.63, 3.8) is 0 Å². The topological polar surface area (TPSA) is 93.8 Å². The van der Waals surface area contributed by atoms with Gasteiger partial charge in [-0.25, -0.2) is 9.25 Å². The molecule has 0 fully saturated rings. The molecule has 2 heterocycles. The molecule has 0 radical (unpaired) electrons. The summed E-state index contributed by atoms with van der Waals surface area (Å²) in [4.78, 5) is 30.6. The number of anilines is 1. The normalized spacial score (nSPS) is 10.8. The van der Waals surface area contributed by atoms with Crippen LogP contribution in [0.2, 0.25) is 0 Å². The van der Waals surface area contributed by atoms with Crippen LogP contribution in [0.1, 0.15) is 10.4 Å². The van der Waals surface area contributed by atoms with Crippen LogP contribution in [-0.4, -0.2) is 25.2 Å². The Labute approximate surface area is 182 Å². The summed E-state index contributed by atoms with van der Waals surface area (Å²) >= 11 is 0. The molecule has 8 nitrogen and oxygen atoms in total. The maximum atomic E-state index is 13.4. The maximum absolute atomic E-state index is 13.4. The van der Waals surface area contributed by atoms with E-state index in [1.54, 1.807) is 41.1 Å². The number of carbonyl (C=O) groups is 1. The lowest BCUT2D eigenvalue weighted by molar-refractivity contribution is 0.0962. The molecule has 0 atom stereocenters. The van der Waals surface area contributed by atoms with Gasteiger partial charge in [-0.1, -0.05) is 54.6 Å². The highest BCUT2D eigenvalue weighted by Crippen LogP contribution is 2.18. The first-order valence-corrected chi connectivity index (χ1v) is 9.95. The number of nitrogens with one attached hydrogen (secondary N) is 2. The van der Waals surface area contributed by atoms with Gasteiger partial charge in [0, 0.05) is 5.56 Å². The van der Waals surface area contributed by atoms with Crippen molar-refractivity contribution >= 4 is 22.9 Å². The van der Waals surface area contributed by atoms with Gasteiger partial charge in [0.2, 0.25) is 5.95 Å². The molecule has 0 aliphatic carbocycles. The predicted molar refractivity (Wildman–Crippen MR) is 122 cm³/mol. The van der Waals surface area contributed by atoms with E-state index in [0.29, 0.717) is 22.3 Å². The molecule has 5 rings (SSSR count). The Kier molecular flexibility index (Phi) is 4.93. The summed E-state index contributed by atoms with van der Waals surface area (Å²) in [5.74, 6) is -0.188. The molecule has 0 saturated heterocycles. The van der Waals surface area contributed by atoms with Gasteiger partial charge >= 0.3 is 0 Å². The average molecular weight is 422 g/mol. The summed E-state index contributed by atoms with van der Waals surface area (Å²) in [7, 11) is 0. The molecule has 32 heavy (non-hydrogen) atoms. The minimum absolute atomic E-state index is 0.163. The molecule has 0 saturated carbocycles. The van der Waals surface area contributed by atoms with E-state index in [1.165, 1.54) is 10.8 Å². The Morgan fingerprint density at radius 3 is 2.03 bits per heavy atom. The van der Waals surface area contributed by atoms with Gasteiger partial charge in [0.05, 0.1) is 17.6 Å². The van der Waals surface area contributed by atoms with Crippen molar-refractivity contribution in [2.75, 3.05) is 5.43 Å². The Morgan fingerprint density at radius 1 is 0.781 bits per heavy atom. The van der Waals surface area contributed by atoms with Gasteiger partial charge in [-0.3, -0.25) is 20.4 Å². The fourth-order valence-electron chi connectivity index (χ4n) is 3.40. The number of aromatic nitrogens is 4. The summed E-state index contributed by atoms with van der Waals surface area (Å²) in [5.41, 5.74) is 7.38. The molecular weight excluding hydrogens is 404 g/mol. The van der Waals surface area contributed by atoms with E-state index < -0.39 is 0 Å². The first-order valence-electron chi connectivity index (χ1n) is 9.95. The molecule has 0 aliphatic rings. The number of amides is 1. The number of carbonyl (C=O) groups excluding carboxylic acids is 1. The molecule has 0 unspecified atom stereocenters. The molecule has 8 heteroatoms. The molecule has 1 amide bonds. The highest BCUT2D eigenvalue weighted by atomic mass is 16.2. The van der Waals surface area contributed by atoms with Gasteiger partial charge in [-0.15, -0.1) is 0 Å². The van der Waals surface area contributed by atoms with Crippen molar-refractivity contribution in [3.05, 3.63) is 113 Å². The van der Waals surface area contributed by atoms with Gasteiger partial charge in [-0.05, 0) is 36.4 Å². The number of rotatable bonds is 5. The quantitative estimate of drug-likeness (QED) is 0.424. The van der Waals surface area contributed by atoms with Crippen LogP contribution in [0.25, 0.3) is 22.4 Å². The van der Waals surface area contributed by atoms with Gasteiger partial charge < -0.3 is 0 Å². The largest absolute Gasteiger partial charge is 0.270 e. The Hall–Kier alpha value is -4.72. The van der Waals surface area contributed by atoms with Crippen molar-refractivity contribution in [2.45, 2.75) is 0 Å². The molecule has 0 aliphatic heterocycles. The van der Waals surface area contributed by atoms with Crippen LogP contribution in [0.3, 0.4) is 0 Å². The molecular formula is C24H18N6O2. The lowest BCUT2D eigenvalue weighted by Gasteiger charge is -2.15. The Bertz CT molecular complexity index is 1440. The van der Waals surface area contributed by atoms with Crippen LogP contribution in [-0.2, 0) is 0 Å². The number of hydrogen-bond acceptors (Lipinski definition) is 5. The third kappa shape index (κ3) is 3.50. The number of nitrogens with zero attached hydrogens (tertiary/aromatic N) is 4. The zero-order valence-corrected chi connectivity index (χ0v) is 16.8. The third-order valence-corrected chi connectivity index (χ3v) is 4.94. The molecule has 3 aromatic carbocycles. The van der Waals surface area contributed by atoms with E-state index in [9.17, 15) is 9.59 Å². The van der Waals surface area contributed by atoms with Crippen molar-refractivity contribution in [2.24, 2.45) is 0 Å². The van der Waals surface area contributed by atoms with Gasteiger partial charge in [0.25, 0.3) is 11.5 Å². The fraction of sp³-hybridized carbons (Fsp3) is 0. The van der Waals surface area contributed by atoms with Gasteiger partial charge in [0.1, 0.15) is 5.39 Å². The molecule has 5 aromatic rings. The van der Waals surface area contributed by atoms with Crippen molar-refractivity contribution in [3.8, 4) is 11.4 Å². The zero-order valence-electron chi connectivity index (χ0n) is 16.8. The van der Waals surface area contributed by atoms with E-state index in [4.69, 9.17) is 0 Å². The van der Waals surface area contributed by atoms with Gasteiger partial charge in [-0.2, -0.15) is 10.1 Å². The second kappa shape index (κ2) is 8.19. The number of para-hydroxylation sites is 2. The van der Waals surface area contributed by atoms with Crippen LogP contribution in [0, 0.1) is 0 Å². The second-order valence-corrected chi connectivity index (χ2v) is 6.99. The molecule has 156 valence electrons. The summed E-state index contributed by atoms with van der Waals surface area (Å²) in [6, 6.07) is 27.3. The molecule has 0 spiro atoms. The summed E-state index contributed by atoms with van der Waals surface area (Å²) < 4.78 is 3.00. The lowest BCUT2D eigenvalue weighted by Crippen LogP contribution is -2.34. The summed E-state index contributed by atoms with van der Waals surface area (Å²) in [5, 5.41) is 4.73. The highest BCUT2D eigenvalue weighted by molar-refractivity contribution is 5.94. The monoisotopic (exact) mass is 422 g/mol. The number of fused-ring (bicyclic) bond motifs is 1. The van der Waals surface area contributed by atoms with Gasteiger partial charge in [0.15, 0.2) is 5.65 Å². The van der Waals surface area contributed by atoms with Crippen LogP contribution in [0.4, 0.5) is 5.95 Å². The second-order valence-electron chi connectivity index (χ2n) is 6.99. The highest BCUT2D eigenvalue weighted by Gasteiger charge is 2.18. The first-order chi connectivity index (χ1) is 15.7. The van der Waals surface area contributed by atoms with Crippen molar-refractivity contribution in [1.82, 2.24) is 24.8 Å². The minimum Gasteiger partial charge on any atom is -0.268 e. The van der Waals surface area contributed by atoms with Crippen molar-refractivity contribution < 1.29 is 4.79 Å². The number of hydrogen-bond donors (Lipinski definition) is 2. The number of hydrazine groups is 1. The summed E-state index contributed by atoms with van der Waals surface area (Å²) in [6.07, 6.45) is 1.50. The van der Waals surface area contributed by atoms with Crippen LogP contribution < -0.4 is 16.4 Å². The predicted octanol–water partition coefficient (Wildman–Crippen LogP) is 3.33. The van der Waals surface area contributed by atoms with E-state index in [1.807, 2.05) is 54.6 Å². The Morgan fingerprint density at radius 2 is 1.38 bits per heavy atom. The van der Waals surface area contributed by atoms with Crippen LogP contribution in [0.15, 0.2) is 102 Å². The van der Waals surface area contributed by atoms with E-state index in [2.05, 4.69) is 20.9 Å². The zero-order chi connectivity index (χ0) is 21.9. The SMILES string of the molecule is O=C(NNc1nc2c(cnn2-c2ccccc2)c(=O)n1-c1ccccc1)c1ccccc1. The molecule has 0 bridgehead atoms. The van der Waals surface area contributed by atoms with E-state index in [0.717, 1.165) is 5.69 Å². The van der Waals surface area contributed by atoms with E-state index in [-0.39, 0.29) is 17.4 Å². The van der Waals surface area contributed by atoms with Crippen LogP contribution in [0.5, 0.6) is 0 Å². The minimum atomic E-state index is -0.351. The standard InChI is InChI=1S/C24H18N6O2/c31-22(17-10-4-1-5-11-17)27-28-24-26-21-20(16-25-30(21)19-14-8-3-9-15-19)23(32)29(24)18-12-6-2-7-13-18/h1-16H,(H,26,28)(H,27,31). The molecule has 2 aromatic heterocycles. The van der Waals surface area contributed by atoms with E-state index >= 15 is 0 Å². The smallest absolute Gasteiger partial charge is 0.268 e. The average Bonchev–Trinajstić information content (AvgIpc) is 3.28. The van der Waals surface area contributed by atoms with Crippen LogP contribution >= 0.6 is 0 Å². The van der Waals surface area contributed by atoms with Crippen molar-refractivity contribution in [1.29, 1.82) is 0 Å². The number of benzene rings is 3. The third-order valence-electron chi connectivity index (χ3n) is 4.94. The lowest BCUT2D eigenvalue weighted by atomic mass is 10.2. The Balaban J connectivity index is 1.63. The maximum Gasteiger partial charge on any atom is 0.270 e.